The monoisotopic (exact) mass is 282 g/mol. The lowest BCUT2D eigenvalue weighted by Gasteiger charge is -2.21. The number of aromatic nitrogens is 2. The minimum atomic E-state index is 0.697. The molecule has 0 radical (unpaired) electrons. The van der Waals surface area contributed by atoms with Crippen molar-refractivity contribution in [1.29, 1.82) is 0 Å². The van der Waals surface area contributed by atoms with Crippen LogP contribution < -0.4 is 10.2 Å². The lowest BCUT2D eigenvalue weighted by molar-refractivity contribution is 0.576. The Balaban J connectivity index is 1.84. The minimum absolute atomic E-state index is 0.697. The second kappa shape index (κ2) is 5.33. The topological polar surface area (TPSA) is 54.2 Å². The van der Waals surface area contributed by atoms with Gasteiger partial charge in [-0.05, 0) is 25.1 Å². The maximum atomic E-state index is 5.48. The van der Waals surface area contributed by atoms with Gasteiger partial charge in [0, 0.05) is 31.6 Å². The Morgan fingerprint density at radius 3 is 2.76 bits per heavy atom. The quantitative estimate of drug-likeness (QED) is 0.851. The van der Waals surface area contributed by atoms with Crippen LogP contribution in [0.25, 0.3) is 11.6 Å². The van der Waals surface area contributed by atoms with Gasteiger partial charge in [0.25, 0.3) is 0 Å². The number of hydrogen-bond donors (Lipinski definition) is 1. The van der Waals surface area contributed by atoms with Crippen LogP contribution in [0.15, 0.2) is 35.0 Å². The minimum Gasteiger partial charge on any atom is -0.461 e. The summed E-state index contributed by atoms with van der Waals surface area (Å²) in [5, 5.41) is 3.44. The van der Waals surface area contributed by atoms with Crippen molar-refractivity contribution in [2.24, 2.45) is 0 Å². The maximum absolute atomic E-state index is 5.48. The number of hydrogen-bond acceptors (Lipinski definition) is 5. The highest BCUT2D eigenvalue weighted by Gasteiger charge is 2.22. The second-order valence-electron chi connectivity index (χ2n) is 5.40. The third-order valence-electron chi connectivity index (χ3n) is 4.02. The van der Waals surface area contributed by atoms with Gasteiger partial charge in [0.1, 0.15) is 5.82 Å². The van der Waals surface area contributed by atoms with Gasteiger partial charge >= 0.3 is 0 Å². The smallest absolute Gasteiger partial charge is 0.197 e. The van der Waals surface area contributed by atoms with Gasteiger partial charge in [-0.1, -0.05) is 12.2 Å². The first kappa shape index (κ1) is 12.6. The molecule has 4 rings (SSSR count). The van der Waals surface area contributed by atoms with Gasteiger partial charge in [-0.3, -0.25) is 0 Å². The first-order valence-corrected chi connectivity index (χ1v) is 7.46. The standard InChI is InChI=1S/C16H18N4O/c1-2-10-20(9-1)16-12-5-7-17-8-6-13(12)18-15(19-16)14-4-3-11-21-14/h1-4,11,17H,5-10H2. The van der Waals surface area contributed by atoms with Crippen LogP contribution in [0, 0.1) is 0 Å². The number of anilines is 1. The van der Waals surface area contributed by atoms with Gasteiger partial charge in [0.05, 0.1) is 12.0 Å². The zero-order chi connectivity index (χ0) is 14.1. The highest BCUT2D eigenvalue weighted by atomic mass is 16.3. The van der Waals surface area contributed by atoms with Gasteiger partial charge in [-0.15, -0.1) is 0 Å². The van der Waals surface area contributed by atoms with Gasteiger partial charge in [-0.2, -0.15) is 0 Å². The molecule has 0 fully saturated rings. The number of rotatable bonds is 2. The summed E-state index contributed by atoms with van der Waals surface area (Å²) in [4.78, 5) is 11.9. The van der Waals surface area contributed by atoms with Crippen LogP contribution in [-0.4, -0.2) is 36.1 Å². The molecule has 0 bridgehead atoms. The summed E-state index contributed by atoms with van der Waals surface area (Å²) in [5.41, 5.74) is 2.45. The Morgan fingerprint density at radius 1 is 1.10 bits per heavy atom. The molecule has 0 aromatic carbocycles. The second-order valence-corrected chi connectivity index (χ2v) is 5.40. The van der Waals surface area contributed by atoms with E-state index in [0.29, 0.717) is 5.82 Å². The van der Waals surface area contributed by atoms with Crippen LogP contribution in [0.1, 0.15) is 11.3 Å². The van der Waals surface area contributed by atoms with Crippen LogP contribution >= 0.6 is 0 Å². The average molecular weight is 282 g/mol. The van der Waals surface area contributed by atoms with E-state index in [1.165, 1.54) is 5.56 Å². The highest BCUT2D eigenvalue weighted by Crippen LogP contribution is 2.28. The first-order chi connectivity index (χ1) is 10.4. The number of nitrogens with zero attached hydrogens (tertiary/aromatic N) is 3. The molecule has 2 aliphatic rings. The van der Waals surface area contributed by atoms with E-state index in [-0.39, 0.29) is 0 Å². The van der Waals surface area contributed by atoms with E-state index < -0.39 is 0 Å². The van der Waals surface area contributed by atoms with Crippen molar-refractivity contribution in [3.05, 3.63) is 41.8 Å². The Bertz CT molecular complexity index is 655. The molecule has 0 aliphatic carbocycles. The van der Waals surface area contributed by atoms with Crippen LogP contribution in [0.4, 0.5) is 5.82 Å². The average Bonchev–Trinajstić information content (AvgIpc) is 3.16. The fourth-order valence-corrected chi connectivity index (χ4v) is 2.95. The van der Waals surface area contributed by atoms with E-state index in [9.17, 15) is 0 Å². The predicted octanol–water partition coefficient (Wildman–Crippen LogP) is 1.80. The van der Waals surface area contributed by atoms with Gasteiger partial charge in [0.2, 0.25) is 0 Å². The molecule has 21 heavy (non-hydrogen) atoms. The zero-order valence-electron chi connectivity index (χ0n) is 11.9. The van der Waals surface area contributed by atoms with Crippen molar-refractivity contribution in [2.45, 2.75) is 12.8 Å². The Labute approximate surface area is 123 Å². The van der Waals surface area contributed by atoms with Crippen molar-refractivity contribution in [3.63, 3.8) is 0 Å². The first-order valence-electron chi connectivity index (χ1n) is 7.46. The highest BCUT2D eigenvalue weighted by molar-refractivity contribution is 5.58. The molecule has 2 aromatic rings. The summed E-state index contributed by atoms with van der Waals surface area (Å²) in [5.74, 6) is 2.51. The Morgan fingerprint density at radius 2 is 1.95 bits per heavy atom. The van der Waals surface area contributed by atoms with Crippen LogP contribution in [0.2, 0.25) is 0 Å². The number of nitrogens with one attached hydrogen (secondary N) is 1. The molecule has 108 valence electrons. The van der Waals surface area contributed by atoms with Crippen molar-refractivity contribution in [1.82, 2.24) is 15.3 Å². The number of fused-ring (bicyclic) bond motifs is 1. The molecule has 0 saturated carbocycles. The van der Waals surface area contributed by atoms with Gasteiger partial charge in [0.15, 0.2) is 11.6 Å². The molecule has 5 nitrogen and oxygen atoms in total. The molecule has 5 heteroatoms. The summed E-state index contributed by atoms with van der Waals surface area (Å²) in [7, 11) is 0. The molecule has 4 heterocycles. The molecule has 0 atom stereocenters. The normalized spacial score (nSPS) is 17.8. The van der Waals surface area contributed by atoms with E-state index >= 15 is 0 Å². The summed E-state index contributed by atoms with van der Waals surface area (Å²) in [6.07, 6.45) is 7.98. The van der Waals surface area contributed by atoms with E-state index in [4.69, 9.17) is 14.4 Å². The van der Waals surface area contributed by atoms with E-state index in [1.54, 1.807) is 6.26 Å². The molecule has 0 amide bonds. The van der Waals surface area contributed by atoms with Gasteiger partial charge < -0.3 is 14.6 Å². The predicted molar refractivity (Wildman–Crippen MR) is 81.4 cm³/mol. The van der Waals surface area contributed by atoms with Crippen LogP contribution in [0.3, 0.4) is 0 Å². The van der Waals surface area contributed by atoms with Crippen LogP contribution in [0.5, 0.6) is 0 Å². The molecule has 0 spiro atoms. The SMILES string of the molecule is C1=CCN(c2nc(-c3ccco3)nc3c2CCNCC3)C1. The van der Waals surface area contributed by atoms with Crippen molar-refractivity contribution in [3.8, 4) is 11.6 Å². The van der Waals surface area contributed by atoms with Gasteiger partial charge in [-0.25, -0.2) is 9.97 Å². The Hall–Kier alpha value is -2.14. The molecule has 1 N–H and O–H groups in total. The fourth-order valence-electron chi connectivity index (χ4n) is 2.95. The summed E-state index contributed by atoms with van der Waals surface area (Å²) >= 11 is 0. The van der Waals surface area contributed by atoms with E-state index in [1.807, 2.05) is 12.1 Å². The summed E-state index contributed by atoms with van der Waals surface area (Å²) < 4.78 is 5.48. The van der Waals surface area contributed by atoms with E-state index in [0.717, 1.165) is 56.3 Å². The lowest BCUT2D eigenvalue weighted by Crippen LogP contribution is -2.23. The zero-order valence-corrected chi connectivity index (χ0v) is 11.9. The van der Waals surface area contributed by atoms with E-state index in [2.05, 4.69) is 22.4 Å². The molecular weight excluding hydrogens is 264 g/mol. The molecular formula is C16H18N4O. The summed E-state index contributed by atoms with van der Waals surface area (Å²) in [6, 6.07) is 3.80. The molecule has 2 aromatic heterocycles. The third kappa shape index (κ3) is 2.34. The Kier molecular flexibility index (Phi) is 3.20. The largest absolute Gasteiger partial charge is 0.461 e. The summed E-state index contributed by atoms with van der Waals surface area (Å²) in [6.45, 7) is 3.81. The molecule has 0 unspecified atom stereocenters. The van der Waals surface area contributed by atoms with Crippen molar-refractivity contribution < 1.29 is 4.42 Å². The molecule has 2 aliphatic heterocycles. The van der Waals surface area contributed by atoms with Crippen molar-refractivity contribution in [2.75, 3.05) is 31.1 Å². The fraction of sp³-hybridized carbons (Fsp3) is 0.375. The van der Waals surface area contributed by atoms with Crippen molar-refractivity contribution >= 4 is 5.82 Å². The number of furan rings is 1. The maximum Gasteiger partial charge on any atom is 0.197 e. The van der Waals surface area contributed by atoms with Crippen LogP contribution in [-0.2, 0) is 12.8 Å². The molecule has 0 saturated heterocycles. The third-order valence-corrected chi connectivity index (χ3v) is 4.02. The lowest BCUT2D eigenvalue weighted by atomic mass is 10.1.